The summed E-state index contributed by atoms with van der Waals surface area (Å²) >= 11 is 0. The van der Waals surface area contributed by atoms with Gasteiger partial charge in [-0.2, -0.15) is 0 Å². The number of rotatable bonds is 5. The third kappa shape index (κ3) is 3.96. The molecule has 0 aromatic heterocycles. The third-order valence-electron chi connectivity index (χ3n) is 5.13. The van der Waals surface area contributed by atoms with Crippen molar-refractivity contribution >= 4 is 16.7 Å². The average molecular weight is 365 g/mol. The van der Waals surface area contributed by atoms with Gasteiger partial charge in [0.25, 0.3) is 0 Å². The molecule has 2 nitrogen and oxygen atoms in total. The summed E-state index contributed by atoms with van der Waals surface area (Å²) in [6.07, 6.45) is 0.383. The first-order chi connectivity index (χ1) is 13.7. The first-order valence-corrected chi connectivity index (χ1v) is 9.62. The van der Waals surface area contributed by atoms with Crippen molar-refractivity contribution in [1.82, 2.24) is 5.32 Å². The van der Waals surface area contributed by atoms with Gasteiger partial charge in [-0.3, -0.25) is 4.79 Å². The van der Waals surface area contributed by atoms with Crippen LogP contribution in [0.3, 0.4) is 0 Å². The number of hydrogen-bond acceptors (Lipinski definition) is 1. The summed E-state index contributed by atoms with van der Waals surface area (Å²) in [4.78, 5) is 12.6. The zero-order valence-corrected chi connectivity index (χ0v) is 15.9. The van der Waals surface area contributed by atoms with E-state index >= 15 is 0 Å². The highest BCUT2D eigenvalue weighted by Crippen LogP contribution is 2.22. The molecule has 4 aromatic rings. The Kier molecular flexibility index (Phi) is 5.20. The van der Waals surface area contributed by atoms with Crippen LogP contribution in [0.25, 0.3) is 21.9 Å². The molecule has 0 aliphatic rings. The molecule has 1 N–H and O–H groups in total. The van der Waals surface area contributed by atoms with Gasteiger partial charge in [-0.1, -0.05) is 97.1 Å². The van der Waals surface area contributed by atoms with Gasteiger partial charge in [0.15, 0.2) is 0 Å². The van der Waals surface area contributed by atoms with E-state index in [9.17, 15) is 4.79 Å². The Hall–Kier alpha value is -3.39. The van der Waals surface area contributed by atoms with Crippen LogP contribution in [0.5, 0.6) is 0 Å². The van der Waals surface area contributed by atoms with Crippen LogP contribution >= 0.6 is 0 Å². The smallest absolute Gasteiger partial charge is 0.224 e. The Morgan fingerprint density at radius 2 is 1.39 bits per heavy atom. The van der Waals surface area contributed by atoms with Crippen LogP contribution in [-0.2, 0) is 11.2 Å². The van der Waals surface area contributed by atoms with Crippen LogP contribution in [0, 0.1) is 0 Å². The molecule has 0 radical (unpaired) electrons. The van der Waals surface area contributed by atoms with Crippen molar-refractivity contribution in [3.05, 3.63) is 108 Å². The minimum absolute atomic E-state index is 0.0349. The number of carbonyl (C=O) groups excluding carboxylic acids is 1. The van der Waals surface area contributed by atoms with E-state index in [1.807, 2.05) is 49.4 Å². The van der Waals surface area contributed by atoms with E-state index in [2.05, 4.69) is 59.9 Å². The third-order valence-corrected chi connectivity index (χ3v) is 5.13. The van der Waals surface area contributed by atoms with Crippen molar-refractivity contribution < 1.29 is 4.79 Å². The van der Waals surface area contributed by atoms with E-state index in [0.717, 1.165) is 21.9 Å². The molecule has 28 heavy (non-hydrogen) atoms. The standard InChI is InChI=1S/C26H23NO/c1-19(20-14-16-22(17-15-20)21-8-3-2-4-9-21)27-26(28)18-24-12-7-11-23-10-5-6-13-25(23)24/h2-17,19H,18H2,1H3,(H,27,28)/t19-/m0/s1. The molecule has 0 bridgehead atoms. The van der Waals surface area contributed by atoms with Crippen LogP contribution in [0.4, 0.5) is 0 Å². The van der Waals surface area contributed by atoms with Gasteiger partial charge in [0.2, 0.25) is 5.91 Å². The largest absolute Gasteiger partial charge is 0.349 e. The zero-order chi connectivity index (χ0) is 19.3. The van der Waals surface area contributed by atoms with E-state index < -0.39 is 0 Å². The first-order valence-electron chi connectivity index (χ1n) is 9.62. The van der Waals surface area contributed by atoms with Gasteiger partial charge in [-0.25, -0.2) is 0 Å². The summed E-state index contributed by atoms with van der Waals surface area (Å²) in [6, 6.07) is 33.0. The quantitative estimate of drug-likeness (QED) is 0.467. The minimum Gasteiger partial charge on any atom is -0.349 e. The second-order valence-electron chi connectivity index (χ2n) is 7.09. The van der Waals surface area contributed by atoms with Gasteiger partial charge < -0.3 is 5.32 Å². The lowest BCUT2D eigenvalue weighted by Crippen LogP contribution is -2.28. The van der Waals surface area contributed by atoms with Gasteiger partial charge in [-0.15, -0.1) is 0 Å². The van der Waals surface area contributed by atoms with Crippen LogP contribution in [0.15, 0.2) is 97.1 Å². The molecule has 0 heterocycles. The molecule has 0 spiro atoms. The van der Waals surface area contributed by atoms with E-state index in [1.54, 1.807) is 0 Å². The van der Waals surface area contributed by atoms with Crippen LogP contribution in [-0.4, -0.2) is 5.91 Å². The van der Waals surface area contributed by atoms with E-state index in [-0.39, 0.29) is 11.9 Å². The molecule has 1 amide bonds. The first kappa shape index (κ1) is 18.0. The number of hydrogen-bond donors (Lipinski definition) is 1. The fraction of sp³-hybridized carbons (Fsp3) is 0.115. The summed E-state index contributed by atoms with van der Waals surface area (Å²) in [5.74, 6) is 0.0380. The Morgan fingerprint density at radius 3 is 2.18 bits per heavy atom. The summed E-state index contributed by atoms with van der Waals surface area (Å²) in [7, 11) is 0. The molecular formula is C26H23NO. The van der Waals surface area contributed by atoms with E-state index in [1.165, 1.54) is 11.1 Å². The molecule has 1 atom stereocenters. The normalized spacial score (nSPS) is 11.9. The predicted molar refractivity (Wildman–Crippen MR) is 116 cm³/mol. The lowest BCUT2D eigenvalue weighted by Gasteiger charge is -2.15. The van der Waals surface area contributed by atoms with Crippen molar-refractivity contribution in [2.45, 2.75) is 19.4 Å². The highest BCUT2D eigenvalue weighted by atomic mass is 16.1. The van der Waals surface area contributed by atoms with Crippen molar-refractivity contribution in [3.8, 4) is 11.1 Å². The molecular weight excluding hydrogens is 342 g/mol. The summed E-state index contributed by atoms with van der Waals surface area (Å²) in [6.45, 7) is 2.03. The number of carbonyl (C=O) groups is 1. The summed E-state index contributed by atoms with van der Waals surface area (Å²) in [5, 5.41) is 5.43. The second-order valence-corrected chi connectivity index (χ2v) is 7.09. The molecule has 0 unspecified atom stereocenters. The summed E-state index contributed by atoms with van der Waals surface area (Å²) in [5.41, 5.74) is 4.54. The van der Waals surface area contributed by atoms with Gasteiger partial charge in [0, 0.05) is 0 Å². The molecule has 138 valence electrons. The molecule has 0 fully saturated rings. The second kappa shape index (κ2) is 8.10. The van der Waals surface area contributed by atoms with Crippen molar-refractivity contribution in [2.75, 3.05) is 0 Å². The molecule has 0 aliphatic heterocycles. The van der Waals surface area contributed by atoms with Crippen LogP contribution in [0.2, 0.25) is 0 Å². The van der Waals surface area contributed by atoms with Gasteiger partial charge in [0.1, 0.15) is 0 Å². The Morgan fingerprint density at radius 1 is 0.750 bits per heavy atom. The van der Waals surface area contributed by atoms with E-state index in [4.69, 9.17) is 0 Å². The van der Waals surface area contributed by atoms with Gasteiger partial charge >= 0.3 is 0 Å². The Balaban J connectivity index is 1.44. The summed E-state index contributed by atoms with van der Waals surface area (Å²) < 4.78 is 0. The average Bonchev–Trinajstić information content (AvgIpc) is 2.75. The van der Waals surface area contributed by atoms with Crippen molar-refractivity contribution in [2.24, 2.45) is 0 Å². The van der Waals surface area contributed by atoms with Crippen LogP contribution in [0.1, 0.15) is 24.1 Å². The maximum Gasteiger partial charge on any atom is 0.224 e. The van der Waals surface area contributed by atoms with Crippen molar-refractivity contribution in [1.29, 1.82) is 0 Å². The van der Waals surface area contributed by atoms with Gasteiger partial charge in [-0.05, 0) is 39.9 Å². The lowest BCUT2D eigenvalue weighted by molar-refractivity contribution is -0.121. The van der Waals surface area contributed by atoms with Crippen LogP contribution < -0.4 is 5.32 Å². The molecule has 4 aromatic carbocycles. The fourth-order valence-corrected chi connectivity index (χ4v) is 3.59. The lowest BCUT2D eigenvalue weighted by atomic mass is 10.0. The fourth-order valence-electron chi connectivity index (χ4n) is 3.59. The highest BCUT2D eigenvalue weighted by Gasteiger charge is 2.12. The van der Waals surface area contributed by atoms with Crippen molar-refractivity contribution in [3.63, 3.8) is 0 Å². The number of amides is 1. The minimum atomic E-state index is -0.0349. The number of fused-ring (bicyclic) bond motifs is 1. The maximum atomic E-state index is 12.6. The predicted octanol–water partition coefficient (Wildman–Crippen LogP) is 5.93. The molecule has 0 aliphatic carbocycles. The zero-order valence-electron chi connectivity index (χ0n) is 15.9. The maximum absolute atomic E-state index is 12.6. The monoisotopic (exact) mass is 365 g/mol. The highest BCUT2D eigenvalue weighted by molar-refractivity contribution is 5.90. The number of benzene rings is 4. The molecule has 0 saturated heterocycles. The van der Waals surface area contributed by atoms with Gasteiger partial charge in [0.05, 0.1) is 12.5 Å². The van der Waals surface area contributed by atoms with E-state index in [0.29, 0.717) is 6.42 Å². The Labute approximate surface area is 165 Å². The molecule has 2 heteroatoms. The Bertz CT molecular complexity index is 1080. The molecule has 0 saturated carbocycles. The number of nitrogens with one attached hydrogen (secondary N) is 1. The topological polar surface area (TPSA) is 29.1 Å². The SMILES string of the molecule is C[C@H](NC(=O)Cc1cccc2ccccc12)c1ccc(-c2ccccc2)cc1. The molecule has 4 rings (SSSR count).